The van der Waals surface area contributed by atoms with Gasteiger partial charge in [-0.05, 0) is 12.5 Å². The molecular weight excluding hydrogens is 328 g/mol. The molecule has 0 aromatic heterocycles. The first-order valence-corrected chi connectivity index (χ1v) is 5.78. The van der Waals surface area contributed by atoms with Crippen LogP contribution in [-0.4, -0.2) is 17.3 Å². The SMILES string of the molecule is CC(C(Cl)c1cccc([N+](=O)[O-])c1)(C(F)(F)F)C(F)(F)F. The highest BCUT2D eigenvalue weighted by molar-refractivity contribution is 6.21. The smallest absolute Gasteiger partial charge is 0.258 e. The number of alkyl halides is 7. The zero-order valence-electron chi connectivity index (χ0n) is 10.3. The van der Waals surface area contributed by atoms with Crippen molar-refractivity contribution < 1.29 is 31.3 Å². The van der Waals surface area contributed by atoms with Crippen molar-refractivity contribution in [3.63, 3.8) is 0 Å². The topological polar surface area (TPSA) is 43.1 Å². The van der Waals surface area contributed by atoms with Gasteiger partial charge in [0, 0.05) is 12.1 Å². The van der Waals surface area contributed by atoms with Crippen molar-refractivity contribution in [3.05, 3.63) is 39.9 Å². The van der Waals surface area contributed by atoms with Crippen LogP contribution in [0.4, 0.5) is 32.0 Å². The van der Waals surface area contributed by atoms with Gasteiger partial charge in [-0.25, -0.2) is 0 Å². The van der Waals surface area contributed by atoms with E-state index in [1.54, 1.807) is 0 Å². The second-order valence-electron chi connectivity index (χ2n) is 4.41. The largest absolute Gasteiger partial charge is 0.404 e. The molecule has 118 valence electrons. The molecule has 1 aromatic rings. The van der Waals surface area contributed by atoms with E-state index in [9.17, 15) is 36.5 Å². The lowest BCUT2D eigenvalue weighted by atomic mass is 9.81. The van der Waals surface area contributed by atoms with Gasteiger partial charge in [0.1, 0.15) is 0 Å². The minimum atomic E-state index is -5.68. The van der Waals surface area contributed by atoms with E-state index in [0.717, 1.165) is 18.2 Å². The van der Waals surface area contributed by atoms with Crippen molar-refractivity contribution in [2.75, 3.05) is 0 Å². The maximum absolute atomic E-state index is 12.9. The van der Waals surface area contributed by atoms with E-state index in [1.807, 2.05) is 0 Å². The van der Waals surface area contributed by atoms with E-state index in [-0.39, 0.29) is 6.92 Å². The summed E-state index contributed by atoms with van der Waals surface area (Å²) >= 11 is 5.40. The third-order valence-corrected chi connectivity index (χ3v) is 3.75. The first-order valence-electron chi connectivity index (χ1n) is 5.34. The summed E-state index contributed by atoms with van der Waals surface area (Å²) < 4.78 is 77.1. The van der Waals surface area contributed by atoms with Gasteiger partial charge < -0.3 is 0 Å². The van der Waals surface area contributed by atoms with Gasteiger partial charge in [0.25, 0.3) is 5.69 Å². The van der Waals surface area contributed by atoms with Crippen LogP contribution < -0.4 is 0 Å². The molecule has 0 radical (unpaired) electrons. The molecular formula is C11H8ClF6NO2. The summed E-state index contributed by atoms with van der Waals surface area (Å²) in [6, 6.07) is 3.37. The average molecular weight is 336 g/mol. The number of hydrogen-bond acceptors (Lipinski definition) is 2. The molecule has 0 aliphatic heterocycles. The Balaban J connectivity index is 3.41. The summed E-state index contributed by atoms with van der Waals surface area (Å²) in [6.45, 7) is -0.0799. The van der Waals surface area contributed by atoms with Crippen LogP contribution in [0.15, 0.2) is 24.3 Å². The highest BCUT2D eigenvalue weighted by Gasteiger charge is 2.71. The number of nitro benzene ring substituents is 1. The first-order chi connectivity index (χ1) is 9.32. The van der Waals surface area contributed by atoms with Crippen molar-refractivity contribution in [2.45, 2.75) is 24.7 Å². The molecule has 0 aliphatic carbocycles. The van der Waals surface area contributed by atoms with Gasteiger partial charge in [-0.1, -0.05) is 12.1 Å². The molecule has 0 fully saturated rings. The highest BCUT2D eigenvalue weighted by atomic mass is 35.5. The lowest BCUT2D eigenvalue weighted by Crippen LogP contribution is -2.50. The summed E-state index contributed by atoms with van der Waals surface area (Å²) in [6.07, 6.45) is -11.4. The van der Waals surface area contributed by atoms with E-state index in [0.29, 0.717) is 6.07 Å². The van der Waals surface area contributed by atoms with Crippen LogP contribution in [0, 0.1) is 15.5 Å². The number of nitrogens with zero attached hydrogens (tertiary/aromatic N) is 1. The fraction of sp³-hybridized carbons (Fsp3) is 0.455. The van der Waals surface area contributed by atoms with Crippen LogP contribution in [0.1, 0.15) is 17.9 Å². The number of rotatable bonds is 3. The van der Waals surface area contributed by atoms with Gasteiger partial charge in [-0.15, -0.1) is 11.6 Å². The van der Waals surface area contributed by atoms with Crippen LogP contribution in [0.2, 0.25) is 0 Å². The minimum Gasteiger partial charge on any atom is -0.258 e. The number of non-ortho nitro benzene ring substituents is 1. The molecule has 0 aliphatic rings. The molecule has 0 saturated heterocycles. The maximum Gasteiger partial charge on any atom is 0.404 e. The average Bonchev–Trinajstić information content (AvgIpc) is 2.34. The summed E-state index contributed by atoms with van der Waals surface area (Å²) in [4.78, 5) is 9.60. The minimum absolute atomic E-state index is 0.0799. The Kier molecular flexibility index (Phi) is 4.48. The van der Waals surface area contributed by atoms with Crippen molar-refractivity contribution in [1.82, 2.24) is 0 Å². The van der Waals surface area contributed by atoms with E-state index in [1.165, 1.54) is 0 Å². The fourth-order valence-corrected chi connectivity index (χ4v) is 1.96. The molecule has 0 N–H and O–H groups in total. The van der Waals surface area contributed by atoms with Crippen LogP contribution in [-0.2, 0) is 0 Å². The molecule has 0 bridgehead atoms. The Hall–Kier alpha value is -1.51. The fourth-order valence-electron chi connectivity index (χ4n) is 1.58. The zero-order valence-corrected chi connectivity index (χ0v) is 11.1. The normalized spacial score (nSPS) is 14.9. The molecule has 10 heteroatoms. The molecule has 1 rings (SSSR count). The molecule has 0 amide bonds. The Morgan fingerprint density at radius 2 is 1.62 bits per heavy atom. The lowest BCUT2D eigenvalue weighted by Gasteiger charge is -2.37. The van der Waals surface area contributed by atoms with E-state index >= 15 is 0 Å². The van der Waals surface area contributed by atoms with Crippen LogP contribution in [0.3, 0.4) is 0 Å². The van der Waals surface area contributed by atoms with Crippen molar-refractivity contribution >= 4 is 17.3 Å². The third-order valence-electron chi connectivity index (χ3n) is 3.06. The monoisotopic (exact) mass is 335 g/mol. The van der Waals surface area contributed by atoms with Crippen molar-refractivity contribution in [3.8, 4) is 0 Å². The zero-order chi connectivity index (χ0) is 16.6. The summed E-state index contributed by atoms with van der Waals surface area (Å²) in [5.41, 5.74) is -5.52. The van der Waals surface area contributed by atoms with Gasteiger partial charge in [0.05, 0.1) is 10.3 Å². The van der Waals surface area contributed by atoms with Crippen molar-refractivity contribution in [2.24, 2.45) is 5.41 Å². The van der Waals surface area contributed by atoms with Gasteiger partial charge in [-0.3, -0.25) is 10.1 Å². The number of halogens is 7. The van der Waals surface area contributed by atoms with E-state index < -0.39 is 39.3 Å². The van der Waals surface area contributed by atoms with Gasteiger partial charge in [0.15, 0.2) is 5.41 Å². The van der Waals surface area contributed by atoms with Gasteiger partial charge in [-0.2, -0.15) is 26.3 Å². The summed E-state index contributed by atoms with van der Waals surface area (Å²) in [5.74, 6) is 0. The third kappa shape index (κ3) is 3.07. The Bertz CT molecular complexity index is 528. The van der Waals surface area contributed by atoms with Crippen LogP contribution in [0.25, 0.3) is 0 Å². The van der Waals surface area contributed by atoms with E-state index in [2.05, 4.69) is 0 Å². The predicted molar refractivity (Wildman–Crippen MR) is 61.9 cm³/mol. The Morgan fingerprint density at radius 1 is 1.14 bits per heavy atom. The quantitative estimate of drug-likeness (QED) is 0.337. The number of hydrogen-bond donors (Lipinski definition) is 0. The number of nitro groups is 1. The van der Waals surface area contributed by atoms with Crippen molar-refractivity contribution in [1.29, 1.82) is 0 Å². The first kappa shape index (κ1) is 17.5. The molecule has 0 heterocycles. The molecule has 21 heavy (non-hydrogen) atoms. The van der Waals surface area contributed by atoms with Gasteiger partial charge >= 0.3 is 12.4 Å². The summed E-state index contributed by atoms with van der Waals surface area (Å²) in [7, 11) is 0. The second kappa shape index (κ2) is 5.36. The molecule has 3 nitrogen and oxygen atoms in total. The second-order valence-corrected chi connectivity index (χ2v) is 4.85. The molecule has 0 saturated carbocycles. The number of benzene rings is 1. The van der Waals surface area contributed by atoms with E-state index in [4.69, 9.17) is 11.6 Å². The maximum atomic E-state index is 12.9. The molecule has 1 atom stereocenters. The Morgan fingerprint density at radius 3 is 2.00 bits per heavy atom. The lowest BCUT2D eigenvalue weighted by molar-refractivity contribution is -0.385. The standard InChI is InChI=1S/C11H8ClF6NO2/c1-9(10(13,14)15,11(16,17)18)8(12)6-3-2-4-7(5-6)19(20)21/h2-5,8H,1H3. The highest BCUT2D eigenvalue weighted by Crippen LogP contribution is 2.59. The van der Waals surface area contributed by atoms with Crippen LogP contribution in [0.5, 0.6) is 0 Å². The predicted octanol–water partition coefficient (Wildman–Crippen LogP) is 5.01. The van der Waals surface area contributed by atoms with Crippen LogP contribution >= 0.6 is 11.6 Å². The molecule has 0 spiro atoms. The Labute approximate surface area is 119 Å². The van der Waals surface area contributed by atoms with Gasteiger partial charge in [0.2, 0.25) is 0 Å². The molecule has 1 aromatic carbocycles. The molecule has 1 unspecified atom stereocenters. The summed E-state index contributed by atoms with van der Waals surface area (Å²) in [5, 5.41) is 7.98.